The smallest absolute Gasteiger partial charge is 0.255 e. The zero-order valence-electron chi connectivity index (χ0n) is 6.37. The predicted molar refractivity (Wildman–Crippen MR) is 42.6 cm³/mol. The quantitative estimate of drug-likeness (QED) is 0.631. The first-order chi connectivity index (χ1) is 5.71. The molecule has 0 aromatic carbocycles. The zero-order chi connectivity index (χ0) is 10.3. The minimum Gasteiger partial charge on any atom is -0.255 e. The van der Waals surface area contributed by atoms with E-state index in [9.17, 15) is 21.6 Å². The van der Waals surface area contributed by atoms with Crippen LogP contribution in [-0.2, 0) is 10.0 Å². The summed E-state index contributed by atoms with van der Waals surface area (Å²) in [6, 6.07) is 0. The van der Waals surface area contributed by atoms with Crippen molar-refractivity contribution in [2.45, 2.75) is 6.18 Å². The highest BCUT2D eigenvalue weighted by Gasteiger charge is 2.42. The van der Waals surface area contributed by atoms with Gasteiger partial charge in [0.2, 0.25) is 10.0 Å². The van der Waals surface area contributed by atoms with Crippen LogP contribution in [0.4, 0.5) is 13.2 Å². The SMILES string of the molecule is CS(=O)(=O)N1CN=C(C(F)(F)F)S1. The highest BCUT2D eigenvalue weighted by atomic mass is 32.3. The van der Waals surface area contributed by atoms with Crippen molar-refractivity contribution in [2.75, 3.05) is 12.9 Å². The molecule has 0 amide bonds. The molecule has 1 aliphatic heterocycles. The molecule has 0 aromatic rings. The van der Waals surface area contributed by atoms with E-state index in [1.165, 1.54) is 0 Å². The largest absolute Gasteiger partial charge is 0.440 e. The Hall–Kier alpha value is -0.280. The van der Waals surface area contributed by atoms with E-state index < -0.39 is 27.9 Å². The maximum absolute atomic E-state index is 11.9. The highest BCUT2D eigenvalue weighted by molar-refractivity contribution is 8.18. The number of nitrogens with zero attached hydrogens (tertiary/aromatic N) is 2. The van der Waals surface area contributed by atoms with Crippen molar-refractivity contribution in [3.63, 3.8) is 0 Å². The Morgan fingerprint density at radius 3 is 2.31 bits per heavy atom. The Balaban J connectivity index is 2.74. The molecule has 0 saturated carbocycles. The van der Waals surface area contributed by atoms with Gasteiger partial charge in [0.15, 0.2) is 5.04 Å². The minimum atomic E-state index is -4.57. The van der Waals surface area contributed by atoms with Crippen LogP contribution in [0.5, 0.6) is 0 Å². The van der Waals surface area contributed by atoms with Crippen LogP contribution in [-0.4, -0.2) is 36.3 Å². The summed E-state index contributed by atoms with van der Waals surface area (Å²) in [6.07, 6.45) is -3.74. The summed E-state index contributed by atoms with van der Waals surface area (Å²) in [5.41, 5.74) is 0. The molecule has 0 bridgehead atoms. The number of hydrogen-bond acceptors (Lipinski definition) is 4. The maximum atomic E-state index is 11.9. The van der Waals surface area contributed by atoms with E-state index in [1.54, 1.807) is 0 Å². The van der Waals surface area contributed by atoms with Crippen molar-refractivity contribution in [3.05, 3.63) is 0 Å². The molecule has 76 valence electrons. The van der Waals surface area contributed by atoms with Crippen LogP contribution in [0.25, 0.3) is 0 Å². The van der Waals surface area contributed by atoms with Gasteiger partial charge in [0.25, 0.3) is 0 Å². The molecule has 0 N–H and O–H groups in total. The summed E-state index contributed by atoms with van der Waals surface area (Å²) in [7, 11) is -3.61. The fraction of sp³-hybridized carbons (Fsp3) is 0.750. The number of halogens is 3. The summed E-state index contributed by atoms with van der Waals surface area (Å²) in [6.45, 7) is -0.474. The van der Waals surface area contributed by atoms with Crippen LogP contribution in [0.2, 0.25) is 0 Å². The topological polar surface area (TPSA) is 49.7 Å². The molecule has 9 heteroatoms. The van der Waals surface area contributed by atoms with E-state index in [0.29, 0.717) is 3.71 Å². The first-order valence-corrected chi connectivity index (χ1v) is 5.61. The Kier molecular flexibility index (Phi) is 2.61. The molecular weight excluding hydrogens is 229 g/mol. The van der Waals surface area contributed by atoms with E-state index in [2.05, 4.69) is 4.99 Å². The second-order valence-corrected chi connectivity index (χ2v) is 5.41. The van der Waals surface area contributed by atoms with Gasteiger partial charge in [0.05, 0.1) is 6.26 Å². The Labute approximate surface area is 77.0 Å². The van der Waals surface area contributed by atoms with Crippen LogP contribution in [0, 0.1) is 0 Å². The van der Waals surface area contributed by atoms with Crippen LogP contribution in [0.1, 0.15) is 0 Å². The second kappa shape index (κ2) is 3.14. The minimum absolute atomic E-state index is 0.0949. The van der Waals surface area contributed by atoms with Gasteiger partial charge in [0.1, 0.15) is 6.67 Å². The molecule has 0 saturated heterocycles. The standard InChI is InChI=1S/C4H5F3N2O2S2/c1-13(10,11)9-2-8-3(12-9)4(5,6)7/h2H2,1H3. The molecule has 0 unspecified atom stereocenters. The van der Waals surface area contributed by atoms with Gasteiger partial charge in [-0.1, -0.05) is 0 Å². The molecule has 13 heavy (non-hydrogen) atoms. The number of sulfonamides is 1. The molecular formula is C4H5F3N2O2S2. The lowest BCUT2D eigenvalue weighted by atomic mass is 10.7. The van der Waals surface area contributed by atoms with E-state index in [-0.39, 0.29) is 11.9 Å². The Morgan fingerprint density at radius 1 is 1.54 bits per heavy atom. The normalized spacial score (nSPS) is 20.5. The Bertz CT molecular complexity index is 334. The lowest BCUT2D eigenvalue weighted by Gasteiger charge is -2.09. The van der Waals surface area contributed by atoms with Gasteiger partial charge in [-0.25, -0.2) is 8.42 Å². The average molecular weight is 234 g/mol. The summed E-state index contributed by atoms with van der Waals surface area (Å²) < 4.78 is 58.0. The molecule has 0 atom stereocenters. The number of alkyl halides is 3. The van der Waals surface area contributed by atoms with E-state index in [0.717, 1.165) is 6.26 Å². The van der Waals surface area contributed by atoms with Gasteiger partial charge in [0, 0.05) is 0 Å². The van der Waals surface area contributed by atoms with Crippen LogP contribution >= 0.6 is 11.9 Å². The number of aliphatic imine (C=N–C) groups is 1. The van der Waals surface area contributed by atoms with Crippen molar-refractivity contribution >= 4 is 27.0 Å². The lowest BCUT2D eigenvalue weighted by Crippen LogP contribution is -2.23. The predicted octanol–water partition coefficient (Wildman–Crippen LogP) is 0.828. The molecule has 0 radical (unpaired) electrons. The first-order valence-electron chi connectivity index (χ1n) is 2.98. The van der Waals surface area contributed by atoms with Crippen molar-refractivity contribution in [1.82, 2.24) is 3.71 Å². The summed E-state index contributed by atoms with van der Waals surface area (Å²) in [5, 5.41) is -1.13. The highest BCUT2D eigenvalue weighted by Crippen LogP contribution is 2.32. The third-order valence-electron chi connectivity index (χ3n) is 1.13. The third-order valence-corrected chi connectivity index (χ3v) is 3.87. The van der Waals surface area contributed by atoms with Gasteiger partial charge in [-0.3, -0.25) is 4.99 Å². The van der Waals surface area contributed by atoms with E-state index in [1.807, 2.05) is 0 Å². The van der Waals surface area contributed by atoms with E-state index >= 15 is 0 Å². The van der Waals surface area contributed by atoms with Crippen LogP contribution in [0.3, 0.4) is 0 Å². The van der Waals surface area contributed by atoms with Crippen LogP contribution in [0.15, 0.2) is 4.99 Å². The van der Waals surface area contributed by atoms with Gasteiger partial charge in [-0.15, -0.1) is 3.71 Å². The maximum Gasteiger partial charge on any atom is 0.440 e. The van der Waals surface area contributed by atoms with Crippen molar-refractivity contribution in [1.29, 1.82) is 0 Å². The molecule has 0 spiro atoms. The van der Waals surface area contributed by atoms with Crippen molar-refractivity contribution in [2.24, 2.45) is 4.99 Å². The second-order valence-electron chi connectivity index (χ2n) is 2.26. The average Bonchev–Trinajstić information content (AvgIpc) is 2.28. The first kappa shape index (κ1) is 10.8. The number of rotatable bonds is 1. The van der Waals surface area contributed by atoms with Gasteiger partial charge in [-0.05, 0) is 11.9 Å². The van der Waals surface area contributed by atoms with Gasteiger partial charge in [-0.2, -0.15) is 13.2 Å². The van der Waals surface area contributed by atoms with Crippen molar-refractivity contribution in [3.8, 4) is 0 Å². The summed E-state index contributed by atoms with van der Waals surface area (Å²) in [4.78, 5) is 3.06. The summed E-state index contributed by atoms with van der Waals surface area (Å²) >= 11 is 0.0949. The molecule has 0 aliphatic carbocycles. The fourth-order valence-corrected chi connectivity index (χ4v) is 2.14. The van der Waals surface area contributed by atoms with Gasteiger partial charge < -0.3 is 0 Å². The van der Waals surface area contributed by atoms with E-state index in [4.69, 9.17) is 0 Å². The fourth-order valence-electron chi connectivity index (χ4n) is 0.590. The molecule has 1 aliphatic rings. The molecule has 1 heterocycles. The summed E-state index contributed by atoms with van der Waals surface area (Å²) in [5.74, 6) is 0. The monoisotopic (exact) mass is 234 g/mol. The third kappa shape index (κ3) is 2.58. The Morgan fingerprint density at radius 2 is 2.08 bits per heavy atom. The lowest BCUT2D eigenvalue weighted by molar-refractivity contribution is -0.0554. The zero-order valence-corrected chi connectivity index (χ0v) is 8.00. The van der Waals surface area contributed by atoms with Crippen molar-refractivity contribution < 1.29 is 21.6 Å². The molecule has 4 nitrogen and oxygen atoms in total. The number of hydrogen-bond donors (Lipinski definition) is 0. The molecule has 1 rings (SSSR count). The van der Waals surface area contributed by atoms with Crippen LogP contribution < -0.4 is 0 Å². The molecule has 0 fully saturated rings. The molecule has 0 aromatic heterocycles. The van der Waals surface area contributed by atoms with Gasteiger partial charge >= 0.3 is 6.18 Å².